The van der Waals surface area contributed by atoms with E-state index in [-0.39, 0.29) is 41.4 Å². The standard InChI is InChI=1S/C24H21N4O7P/c1-33-36(32)19-10-15(35-13-20(25)29)6-7-17(19)26-23(27-36)21-22(30)16-4-2-3-5-18(16)28(24(21)31)11-14-8-9-34-12-14/h2-10,12,30H,11,13H2,1H3,(H2,25,29)(H,26,27,32). The van der Waals surface area contributed by atoms with E-state index >= 15 is 0 Å². The number of primary amides is 1. The van der Waals surface area contributed by atoms with Gasteiger partial charge in [0, 0.05) is 18.1 Å². The van der Waals surface area contributed by atoms with E-state index in [2.05, 4.69) is 10.1 Å². The Bertz CT molecular complexity index is 1630. The molecule has 0 bridgehead atoms. The summed E-state index contributed by atoms with van der Waals surface area (Å²) in [5.41, 5.74) is 6.01. The fraction of sp³-hybridized carbons (Fsp3) is 0.125. The third-order valence-electron chi connectivity index (χ3n) is 5.69. The Hall–Kier alpha value is -4.34. The second kappa shape index (κ2) is 9.03. The number of pyridine rings is 1. The van der Waals surface area contributed by atoms with Crippen molar-refractivity contribution in [2.75, 3.05) is 19.0 Å². The summed E-state index contributed by atoms with van der Waals surface area (Å²) in [6.07, 6.45) is 3.03. The van der Waals surface area contributed by atoms with Gasteiger partial charge in [0.25, 0.3) is 11.5 Å². The van der Waals surface area contributed by atoms with Crippen LogP contribution in [0.1, 0.15) is 11.1 Å². The van der Waals surface area contributed by atoms with Crippen LogP contribution in [0.15, 0.2) is 75.0 Å². The van der Waals surface area contributed by atoms with Gasteiger partial charge in [-0.2, -0.15) is 4.76 Å². The number of hydrogen-bond acceptors (Lipinski definition) is 8. The fourth-order valence-electron chi connectivity index (χ4n) is 4.01. The van der Waals surface area contributed by atoms with Crippen molar-refractivity contribution >= 4 is 41.2 Å². The average Bonchev–Trinajstić information content (AvgIpc) is 3.39. The van der Waals surface area contributed by atoms with E-state index in [0.717, 1.165) is 5.56 Å². The van der Waals surface area contributed by atoms with Gasteiger partial charge in [-0.25, -0.2) is 0 Å². The van der Waals surface area contributed by atoms with E-state index in [0.29, 0.717) is 16.6 Å². The van der Waals surface area contributed by atoms with Crippen molar-refractivity contribution in [3.8, 4) is 11.5 Å². The summed E-state index contributed by atoms with van der Waals surface area (Å²) in [5.74, 6) is -0.841. The van der Waals surface area contributed by atoms with Gasteiger partial charge in [0.1, 0.15) is 17.1 Å². The van der Waals surface area contributed by atoms with Crippen LogP contribution in [0.3, 0.4) is 0 Å². The van der Waals surface area contributed by atoms with Crippen LogP contribution in [-0.4, -0.2) is 35.1 Å². The second-order valence-electron chi connectivity index (χ2n) is 7.97. The number of amidine groups is 1. The first-order valence-electron chi connectivity index (χ1n) is 10.8. The minimum atomic E-state index is -3.90. The van der Waals surface area contributed by atoms with Crippen molar-refractivity contribution in [1.29, 1.82) is 0 Å². The average molecular weight is 508 g/mol. The number of para-hydroxylation sites is 1. The number of nitrogens with one attached hydrogen (secondary N) is 1. The zero-order chi connectivity index (χ0) is 25.4. The Morgan fingerprint density at radius 1 is 1.25 bits per heavy atom. The molecule has 0 radical (unpaired) electrons. The maximum atomic E-state index is 13.7. The molecule has 1 atom stereocenters. The molecule has 1 amide bonds. The highest BCUT2D eigenvalue weighted by Gasteiger charge is 2.35. The molecule has 2 aromatic heterocycles. The quantitative estimate of drug-likeness (QED) is 0.321. The molecule has 5 rings (SSSR count). The summed E-state index contributed by atoms with van der Waals surface area (Å²) < 4.78 is 35.2. The molecule has 11 nitrogen and oxygen atoms in total. The van der Waals surface area contributed by atoms with Crippen LogP contribution in [0.5, 0.6) is 11.5 Å². The van der Waals surface area contributed by atoms with Crippen LogP contribution in [0, 0.1) is 0 Å². The maximum Gasteiger partial charge on any atom is 0.348 e. The largest absolute Gasteiger partial charge is 0.506 e. The number of carbonyl (C=O) groups is 1. The number of rotatable bonds is 7. The predicted molar refractivity (Wildman–Crippen MR) is 133 cm³/mol. The summed E-state index contributed by atoms with van der Waals surface area (Å²) >= 11 is 0. The SMILES string of the molecule is COP1(=O)N=C(c2c(O)c3ccccc3n(Cc3ccoc3)c2=O)Nc2ccc(OCC(N)=O)cc21. The number of fused-ring (bicyclic) bond motifs is 2. The van der Waals surface area contributed by atoms with Gasteiger partial charge in [0.15, 0.2) is 12.4 Å². The van der Waals surface area contributed by atoms with Crippen molar-refractivity contribution in [1.82, 2.24) is 4.57 Å². The summed E-state index contributed by atoms with van der Waals surface area (Å²) in [6, 6.07) is 13.1. The molecule has 0 spiro atoms. The highest BCUT2D eigenvalue weighted by atomic mass is 31.2. The van der Waals surface area contributed by atoms with Crippen molar-refractivity contribution < 1.29 is 28.1 Å². The van der Waals surface area contributed by atoms with Gasteiger partial charge >= 0.3 is 7.52 Å². The van der Waals surface area contributed by atoms with Crippen molar-refractivity contribution in [3.05, 3.63) is 82.5 Å². The number of carbonyl (C=O) groups excluding carboxylic acids is 1. The first-order valence-corrected chi connectivity index (χ1v) is 12.3. The molecule has 1 aliphatic rings. The van der Waals surface area contributed by atoms with Crippen LogP contribution >= 0.6 is 7.52 Å². The Kier molecular flexibility index (Phi) is 5.87. The van der Waals surface area contributed by atoms with Gasteiger partial charge in [-0.3, -0.25) is 14.2 Å². The number of hydrogen-bond donors (Lipinski definition) is 3. The number of benzene rings is 2. The summed E-state index contributed by atoms with van der Waals surface area (Å²) in [6.45, 7) is -0.186. The highest BCUT2D eigenvalue weighted by Crippen LogP contribution is 2.52. The molecule has 0 saturated carbocycles. The van der Waals surface area contributed by atoms with Crippen molar-refractivity contribution in [2.24, 2.45) is 10.5 Å². The lowest BCUT2D eigenvalue weighted by atomic mass is 10.1. The van der Waals surface area contributed by atoms with Gasteiger partial charge < -0.3 is 34.4 Å². The molecule has 4 aromatic rings. The number of aromatic nitrogens is 1. The minimum Gasteiger partial charge on any atom is -0.506 e. The zero-order valence-electron chi connectivity index (χ0n) is 19.0. The van der Waals surface area contributed by atoms with Gasteiger partial charge in [0.2, 0.25) is 0 Å². The molecule has 0 aliphatic carbocycles. The number of aromatic hydroxyl groups is 1. The van der Waals surface area contributed by atoms with Gasteiger partial charge in [0.05, 0.1) is 35.6 Å². The van der Waals surface area contributed by atoms with Gasteiger partial charge in [-0.15, -0.1) is 0 Å². The second-order valence-corrected chi connectivity index (χ2v) is 10.1. The molecule has 12 heteroatoms. The lowest BCUT2D eigenvalue weighted by Crippen LogP contribution is -2.33. The Balaban J connectivity index is 1.67. The molecule has 4 N–H and O–H groups in total. The summed E-state index contributed by atoms with van der Waals surface area (Å²) in [7, 11) is -2.67. The maximum absolute atomic E-state index is 13.7. The van der Waals surface area contributed by atoms with Gasteiger partial charge in [-0.1, -0.05) is 12.1 Å². The van der Waals surface area contributed by atoms with E-state index in [1.54, 1.807) is 36.4 Å². The normalized spacial score (nSPS) is 16.8. The van der Waals surface area contributed by atoms with E-state index < -0.39 is 19.0 Å². The number of ether oxygens (including phenoxy) is 1. The predicted octanol–water partition coefficient (Wildman–Crippen LogP) is 2.55. The smallest absolute Gasteiger partial charge is 0.348 e. The molecule has 184 valence electrons. The topological polar surface area (TPSA) is 158 Å². The zero-order valence-corrected chi connectivity index (χ0v) is 19.9. The van der Waals surface area contributed by atoms with Crippen LogP contribution in [0.4, 0.5) is 5.69 Å². The van der Waals surface area contributed by atoms with Crippen LogP contribution < -0.4 is 26.7 Å². The molecule has 3 heterocycles. The third kappa shape index (κ3) is 4.04. The summed E-state index contributed by atoms with van der Waals surface area (Å²) in [4.78, 5) is 24.8. The highest BCUT2D eigenvalue weighted by molar-refractivity contribution is 7.66. The van der Waals surface area contributed by atoms with Gasteiger partial charge in [-0.05, 0) is 36.4 Å². The first kappa shape index (κ1) is 23.4. The van der Waals surface area contributed by atoms with Crippen LogP contribution in [-0.2, 0) is 20.4 Å². The van der Waals surface area contributed by atoms with Crippen LogP contribution in [0.2, 0.25) is 0 Å². The fourth-order valence-corrected chi connectivity index (χ4v) is 5.53. The first-order chi connectivity index (χ1) is 17.3. The van der Waals surface area contributed by atoms with E-state index in [1.165, 1.54) is 36.3 Å². The van der Waals surface area contributed by atoms with Crippen molar-refractivity contribution in [2.45, 2.75) is 6.54 Å². The summed E-state index contributed by atoms with van der Waals surface area (Å²) in [5, 5.41) is 14.7. The van der Waals surface area contributed by atoms with Crippen LogP contribution in [0.25, 0.3) is 10.9 Å². The molecule has 1 unspecified atom stereocenters. The molecule has 0 fully saturated rings. The van der Waals surface area contributed by atoms with E-state index in [9.17, 15) is 19.3 Å². The number of anilines is 1. The van der Waals surface area contributed by atoms with E-state index in [4.69, 9.17) is 19.4 Å². The number of furan rings is 1. The number of nitrogens with two attached hydrogens (primary N) is 1. The minimum absolute atomic E-state index is 0.104. The molecular weight excluding hydrogens is 487 g/mol. The third-order valence-corrected chi connectivity index (χ3v) is 7.63. The Labute approximate surface area is 204 Å². The lowest BCUT2D eigenvalue weighted by Gasteiger charge is -2.25. The van der Waals surface area contributed by atoms with E-state index in [1.807, 2.05) is 0 Å². The molecule has 36 heavy (non-hydrogen) atoms. The monoisotopic (exact) mass is 508 g/mol. The molecule has 1 aliphatic heterocycles. The molecule has 2 aromatic carbocycles. The molecule has 0 saturated heterocycles. The number of nitrogens with zero attached hydrogens (tertiary/aromatic N) is 2. The number of amides is 1. The van der Waals surface area contributed by atoms with Crippen molar-refractivity contribution in [3.63, 3.8) is 0 Å². The molecular formula is C24H21N4O7P. The lowest BCUT2D eigenvalue weighted by molar-refractivity contribution is -0.119. The Morgan fingerprint density at radius 2 is 2.06 bits per heavy atom. The Morgan fingerprint density at radius 3 is 2.78 bits per heavy atom.